The van der Waals surface area contributed by atoms with Crippen LogP contribution in [-0.4, -0.2) is 24.1 Å². The maximum Gasteiger partial charge on any atom is 0.220 e. The fourth-order valence-corrected chi connectivity index (χ4v) is 2.88. The summed E-state index contributed by atoms with van der Waals surface area (Å²) in [6.45, 7) is 2.13. The van der Waals surface area contributed by atoms with Crippen molar-refractivity contribution in [2.75, 3.05) is 13.2 Å². The lowest BCUT2D eigenvalue weighted by Gasteiger charge is -2.21. The molecule has 1 saturated heterocycles. The zero-order valence-corrected chi connectivity index (χ0v) is 13.2. The molecule has 2 aromatic rings. The molecule has 0 bridgehead atoms. The van der Waals surface area contributed by atoms with Crippen molar-refractivity contribution < 1.29 is 9.53 Å². The van der Waals surface area contributed by atoms with E-state index in [4.69, 9.17) is 4.74 Å². The number of carbonyl (C=O) groups is 1. The Kier molecular flexibility index (Phi) is 5.37. The Hall–Kier alpha value is -2.20. The van der Waals surface area contributed by atoms with Crippen molar-refractivity contribution in [1.29, 1.82) is 0 Å². The third-order valence-electron chi connectivity index (χ3n) is 4.23. The van der Waals surface area contributed by atoms with Gasteiger partial charge in [-0.2, -0.15) is 0 Å². The maximum atomic E-state index is 12.1. The Balaban J connectivity index is 1.55. The highest BCUT2D eigenvalue weighted by atomic mass is 16.5. The van der Waals surface area contributed by atoms with E-state index in [1.54, 1.807) is 6.20 Å². The molecule has 0 spiro atoms. The predicted octanol–water partition coefficient (Wildman–Crippen LogP) is 3.18. The number of amides is 1. The standard InChI is InChI=1S/C19H22N2O2/c22-19(12-15-6-9-23-10-7-15)21-13-16-3-1-4-17(11-16)18-5-2-8-20-14-18/h1-5,8,11,14-15H,6-7,9-10,12-13H2,(H,21,22). The molecule has 1 aromatic carbocycles. The first kappa shape index (κ1) is 15.7. The number of nitrogens with zero attached hydrogens (tertiary/aromatic N) is 1. The van der Waals surface area contributed by atoms with Gasteiger partial charge >= 0.3 is 0 Å². The van der Waals surface area contributed by atoms with E-state index in [2.05, 4.69) is 22.4 Å². The summed E-state index contributed by atoms with van der Waals surface area (Å²) in [7, 11) is 0. The number of hydrogen-bond acceptors (Lipinski definition) is 3. The first-order valence-electron chi connectivity index (χ1n) is 8.15. The van der Waals surface area contributed by atoms with Gasteiger partial charge in [-0.15, -0.1) is 0 Å². The highest BCUT2D eigenvalue weighted by Crippen LogP contribution is 2.20. The Bertz CT molecular complexity index is 637. The monoisotopic (exact) mass is 310 g/mol. The van der Waals surface area contributed by atoms with E-state index in [0.717, 1.165) is 42.7 Å². The molecule has 0 atom stereocenters. The van der Waals surface area contributed by atoms with Crippen molar-refractivity contribution in [1.82, 2.24) is 10.3 Å². The molecule has 120 valence electrons. The Labute approximate surface area is 136 Å². The van der Waals surface area contributed by atoms with Gasteiger partial charge in [-0.25, -0.2) is 0 Å². The molecule has 0 radical (unpaired) electrons. The molecule has 2 heterocycles. The number of pyridine rings is 1. The number of hydrogen-bond donors (Lipinski definition) is 1. The number of rotatable bonds is 5. The maximum absolute atomic E-state index is 12.1. The fraction of sp³-hybridized carbons (Fsp3) is 0.368. The van der Waals surface area contributed by atoms with E-state index in [-0.39, 0.29) is 5.91 Å². The molecule has 0 aliphatic carbocycles. The molecule has 1 aliphatic rings. The van der Waals surface area contributed by atoms with Crippen molar-refractivity contribution in [3.8, 4) is 11.1 Å². The van der Waals surface area contributed by atoms with Crippen molar-refractivity contribution in [2.45, 2.75) is 25.8 Å². The van der Waals surface area contributed by atoms with Crippen LogP contribution in [0.3, 0.4) is 0 Å². The smallest absolute Gasteiger partial charge is 0.220 e. The van der Waals surface area contributed by atoms with Gasteiger partial charge in [-0.3, -0.25) is 9.78 Å². The molecule has 4 heteroatoms. The summed E-state index contributed by atoms with van der Waals surface area (Å²) in [5.41, 5.74) is 3.31. The van der Waals surface area contributed by atoms with Crippen molar-refractivity contribution in [2.24, 2.45) is 5.92 Å². The molecule has 3 rings (SSSR count). The number of ether oxygens (including phenoxy) is 1. The number of benzene rings is 1. The first-order valence-corrected chi connectivity index (χ1v) is 8.15. The second-order valence-electron chi connectivity index (χ2n) is 5.98. The van der Waals surface area contributed by atoms with Crippen LogP contribution in [-0.2, 0) is 16.1 Å². The quantitative estimate of drug-likeness (QED) is 0.923. The molecular weight excluding hydrogens is 288 g/mol. The van der Waals surface area contributed by atoms with Crippen LogP contribution in [0, 0.1) is 5.92 Å². The summed E-state index contributed by atoms with van der Waals surface area (Å²) in [6, 6.07) is 12.2. The normalized spacial score (nSPS) is 15.3. The van der Waals surface area contributed by atoms with Gasteiger partial charge in [0.1, 0.15) is 0 Å². The van der Waals surface area contributed by atoms with Crippen LogP contribution >= 0.6 is 0 Å². The molecule has 0 unspecified atom stereocenters. The van der Waals surface area contributed by atoms with Crippen LogP contribution in [0.4, 0.5) is 0 Å². The topological polar surface area (TPSA) is 51.2 Å². The van der Waals surface area contributed by atoms with E-state index in [0.29, 0.717) is 18.9 Å². The molecule has 1 N–H and O–H groups in total. The van der Waals surface area contributed by atoms with Crippen molar-refractivity contribution in [3.05, 3.63) is 54.4 Å². The zero-order valence-electron chi connectivity index (χ0n) is 13.2. The van der Waals surface area contributed by atoms with Crippen LogP contribution in [0.2, 0.25) is 0 Å². The van der Waals surface area contributed by atoms with Gasteiger partial charge < -0.3 is 10.1 Å². The van der Waals surface area contributed by atoms with Crippen LogP contribution in [0.1, 0.15) is 24.8 Å². The lowest BCUT2D eigenvalue weighted by atomic mass is 9.96. The molecule has 1 aliphatic heterocycles. The van der Waals surface area contributed by atoms with E-state index < -0.39 is 0 Å². The fourth-order valence-electron chi connectivity index (χ4n) is 2.88. The summed E-state index contributed by atoms with van der Waals surface area (Å²) in [5, 5.41) is 3.03. The number of carbonyl (C=O) groups excluding carboxylic acids is 1. The second-order valence-corrected chi connectivity index (χ2v) is 5.98. The molecule has 1 aromatic heterocycles. The van der Waals surface area contributed by atoms with Gasteiger partial charge in [0, 0.05) is 38.6 Å². The van der Waals surface area contributed by atoms with Gasteiger partial charge in [0.25, 0.3) is 0 Å². The van der Waals surface area contributed by atoms with Crippen LogP contribution in [0.5, 0.6) is 0 Å². The third-order valence-corrected chi connectivity index (χ3v) is 4.23. The van der Waals surface area contributed by atoms with E-state index in [9.17, 15) is 4.79 Å². The average molecular weight is 310 g/mol. The van der Waals surface area contributed by atoms with E-state index >= 15 is 0 Å². The highest BCUT2D eigenvalue weighted by molar-refractivity contribution is 5.76. The second kappa shape index (κ2) is 7.88. The summed E-state index contributed by atoms with van der Waals surface area (Å²) < 4.78 is 5.33. The third kappa shape index (κ3) is 4.63. The van der Waals surface area contributed by atoms with Gasteiger partial charge in [0.2, 0.25) is 5.91 Å². The largest absolute Gasteiger partial charge is 0.381 e. The molecule has 1 amide bonds. The molecule has 1 fully saturated rings. The van der Waals surface area contributed by atoms with E-state index in [1.807, 2.05) is 30.5 Å². The van der Waals surface area contributed by atoms with Crippen LogP contribution in [0.15, 0.2) is 48.8 Å². The summed E-state index contributed by atoms with van der Waals surface area (Å²) in [4.78, 5) is 16.2. The van der Waals surface area contributed by atoms with Crippen molar-refractivity contribution in [3.63, 3.8) is 0 Å². The molecular formula is C19H22N2O2. The number of aromatic nitrogens is 1. The molecule has 23 heavy (non-hydrogen) atoms. The lowest BCUT2D eigenvalue weighted by Crippen LogP contribution is -2.27. The molecule has 0 saturated carbocycles. The minimum Gasteiger partial charge on any atom is -0.381 e. The Morgan fingerprint density at radius 3 is 2.78 bits per heavy atom. The summed E-state index contributed by atoms with van der Waals surface area (Å²) >= 11 is 0. The van der Waals surface area contributed by atoms with Gasteiger partial charge in [0.05, 0.1) is 0 Å². The lowest BCUT2D eigenvalue weighted by molar-refractivity contribution is -0.122. The van der Waals surface area contributed by atoms with Crippen LogP contribution in [0.25, 0.3) is 11.1 Å². The Morgan fingerprint density at radius 2 is 2.00 bits per heavy atom. The van der Waals surface area contributed by atoms with Gasteiger partial charge in [-0.1, -0.05) is 24.3 Å². The van der Waals surface area contributed by atoms with Gasteiger partial charge in [-0.05, 0) is 47.6 Å². The summed E-state index contributed by atoms with van der Waals surface area (Å²) in [6.07, 6.45) is 6.20. The minimum atomic E-state index is 0.128. The molecule has 4 nitrogen and oxygen atoms in total. The SMILES string of the molecule is O=C(CC1CCOCC1)NCc1cccc(-c2cccnc2)c1. The highest BCUT2D eigenvalue weighted by Gasteiger charge is 2.17. The predicted molar refractivity (Wildman–Crippen MR) is 89.7 cm³/mol. The first-order chi connectivity index (χ1) is 11.3. The zero-order chi connectivity index (χ0) is 15.9. The number of nitrogens with one attached hydrogen (secondary N) is 1. The van der Waals surface area contributed by atoms with Crippen molar-refractivity contribution >= 4 is 5.91 Å². The average Bonchev–Trinajstić information content (AvgIpc) is 2.62. The Morgan fingerprint density at radius 1 is 1.17 bits per heavy atom. The summed E-state index contributed by atoms with van der Waals surface area (Å²) in [5.74, 6) is 0.592. The van der Waals surface area contributed by atoms with Gasteiger partial charge in [0.15, 0.2) is 0 Å². The van der Waals surface area contributed by atoms with E-state index in [1.165, 1.54) is 0 Å². The minimum absolute atomic E-state index is 0.128. The van der Waals surface area contributed by atoms with Crippen LogP contribution < -0.4 is 5.32 Å².